The molecule has 6 heteroatoms. The number of thiophene rings is 2. The van der Waals surface area contributed by atoms with Crippen molar-refractivity contribution in [2.75, 3.05) is 0 Å². The molecule has 26 rings (SSSR count). The second-order valence-corrected chi connectivity index (χ2v) is 32.6. The summed E-state index contributed by atoms with van der Waals surface area (Å²) in [5.74, 6) is 0. The highest BCUT2D eigenvalue weighted by atomic mass is 32.1. The third-order valence-electron chi connectivity index (χ3n) is 24.4. The maximum atomic E-state index is 7.03. The van der Waals surface area contributed by atoms with E-state index in [9.17, 15) is 0 Å². The van der Waals surface area contributed by atoms with Crippen LogP contribution in [0.3, 0.4) is 0 Å². The number of benzene rings is 20. The van der Waals surface area contributed by atoms with Gasteiger partial charge in [-0.1, -0.05) is 315 Å². The summed E-state index contributed by atoms with van der Waals surface area (Å²) in [6, 6.07) is 135. The van der Waals surface area contributed by atoms with Crippen molar-refractivity contribution in [1.29, 1.82) is 0 Å². The van der Waals surface area contributed by atoms with Gasteiger partial charge < -0.3 is 4.42 Å². The van der Waals surface area contributed by atoms with E-state index in [1.54, 1.807) is 0 Å². The molecule has 0 spiro atoms. The molecule has 0 atom stereocenters. The van der Waals surface area contributed by atoms with Gasteiger partial charge in [0, 0.05) is 127 Å². The number of para-hydroxylation sites is 3. The number of hydrogen-bond acceptors (Lipinski definition) is 6. The molecule has 0 N–H and O–H groups in total. The van der Waals surface area contributed by atoms with E-state index in [4.69, 9.17) is 19.4 Å². The van der Waals surface area contributed by atoms with Crippen molar-refractivity contribution in [3.63, 3.8) is 0 Å². The number of furan rings is 1. The van der Waals surface area contributed by atoms with Crippen molar-refractivity contribution in [1.82, 2.24) is 15.0 Å². The summed E-state index contributed by atoms with van der Waals surface area (Å²) in [5.41, 5.74) is 16.0. The molecule has 0 aliphatic carbocycles. The minimum absolute atomic E-state index is 0.904. The highest BCUT2D eigenvalue weighted by Gasteiger charge is 2.28. The second kappa shape index (κ2) is 25.0. The molecule has 0 aliphatic heterocycles. The fourth-order valence-corrected chi connectivity index (χ4v) is 22.0. The monoisotopic (exact) mass is 1490 g/mol. The molecule has 6 heterocycles. The van der Waals surface area contributed by atoms with Gasteiger partial charge in [-0.15, -0.1) is 22.7 Å². The molecule has 0 amide bonds. The van der Waals surface area contributed by atoms with Crippen LogP contribution < -0.4 is 0 Å². The summed E-state index contributed by atoms with van der Waals surface area (Å²) in [5, 5.41) is 35.0. The number of nitrogens with zero attached hydrogens (tertiary/aromatic N) is 3. The molecule has 26 aromatic rings. The van der Waals surface area contributed by atoms with Gasteiger partial charge in [0.15, 0.2) is 0 Å². The number of fused-ring (bicyclic) bond motifs is 29. The normalized spacial score (nSPS) is 12.2. The van der Waals surface area contributed by atoms with Gasteiger partial charge in [0.2, 0.25) is 0 Å². The predicted molar refractivity (Wildman–Crippen MR) is 494 cm³/mol. The number of aromatic nitrogens is 3. The van der Waals surface area contributed by atoms with Gasteiger partial charge >= 0.3 is 0 Å². The van der Waals surface area contributed by atoms with Crippen LogP contribution in [0.2, 0.25) is 0 Å². The Morgan fingerprint density at radius 3 is 1.07 bits per heavy atom. The molecule has 0 fully saturated rings. The number of rotatable bonds is 5. The zero-order chi connectivity index (χ0) is 75.1. The Hall–Kier alpha value is -14.5. The van der Waals surface area contributed by atoms with E-state index in [0.717, 1.165) is 83.0 Å². The van der Waals surface area contributed by atoms with Gasteiger partial charge in [-0.25, -0.2) is 15.0 Å². The van der Waals surface area contributed by atoms with Crippen molar-refractivity contribution < 1.29 is 4.42 Å². The van der Waals surface area contributed by atoms with Crippen molar-refractivity contribution >= 4 is 225 Å². The molecule has 0 bridgehead atoms. The van der Waals surface area contributed by atoms with Crippen LogP contribution >= 0.6 is 22.7 Å². The van der Waals surface area contributed by atoms with Crippen LogP contribution in [-0.2, 0) is 0 Å². The highest BCUT2D eigenvalue weighted by molar-refractivity contribution is 7.27. The average molecular weight is 1490 g/mol. The summed E-state index contributed by atoms with van der Waals surface area (Å²) < 4.78 is 12.3. The molecule has 6 aromatic heterocycles. The maximum absolute atomic E-state index is 7.03. The lowest BCUT2D eigenvalue weighted by molar-refractivity contribution is 0.671. The van der Waals surface area contributed by atoms with E-state index in [2.05, 4.69) is 370 Å². The van der Waals surface area contributed by atoms with Gasteiger partial charge in [-0.3, -0.25) is 0 Å². The molecule has 530 valence electrons. The molecule has 115 heavy (non-hydrogen) atoms. The van der Waals surface area contributed by atoms with E-state index in [1.807, 2.05) is 22.7 Å². The van der Waals surface area contributed by atoms with Crippen LogP contribution in [-0.4, -0.2) is 15.0 Å². The quantitative estimate of drug-likeness (QED) is 0.127. The Morgan fingerprint density at radius 1 is 0.200 bits per heavy atom. The van der Waals surface area contributed by atoms with Crippen LogP contribution in [0.25, 0.3) is 259 Å². The topological polar surface area (TPSA) is 51.8 Å². The third-order valence-corrected chi connectivity index (χ3v) is 26.8. The third kappa shape index (κ3) is 9.50. The Kier molecular flexibility index (Phi) is 13.9. The fraction of sp³-hybridized carbons (Fsp3) is 0. The molecular formula is C109H61N3OS2. The SMILES string of the molecule is c1ccc(-c2nc3ccccc3c3c2cc(-c2c4ccccc4c(-c4nc5ccccc5c5c4ccc4c6ccccc6sc45)c4ccccc24)c2ccccc23)cc1.c1ccc2cc3c(cc2c1)oc1c(-c2c4ccccc4c(-c4nc5ccccc5c5c4ccc4c6ccccc6sc45)c4ccccc24)cc2ccccc2c13. The Labute approximate surface area is 665 Å². The van der Waals surface area contributed by atoms with E-state index in [1.165, 1.54) is 176 Å². The van der Waals surface area contributed by atoms with Gasteiger partial charge in [-0.05, 0) is 141 Å². The second-order valence-electron chi connectivity index (χ2n) is 30.4. The molecule has 0 aliphatic rings. The lowest BCUT2D eigenvalue weighted by Gasteiger charge is -2.21. The molecule has 4 nitrogen and oxygen atoms in total. The Morgan fingerprint density at radius 2 is 0.565 bits per heavy atom. The molecule has 0 saturated carbocycles. The summed E-state index contributed by atoms with van der Waals surface area (Å²) in [6.45, 7) is 0. The molecular weight excluding hydrogens is 1430 g/mol. The highest BCUT2D eigenvalue weighted by Crippen LogP contribution is 2.55. The van der Waals surface area contributed by atoms with Crippen LogP contribution in [0.15, 0.2) is 374 Å². The van der Waals surface area contributed by atoms with Crippen molar-refractivity contribution in [3.8, 4) is 56.0 Å². The number of hydrogen-bond donors (Lipinski definition) is 0. The van der Waals surface area contributed by atoms with Gasteiger partial charge in [0.1, 0.15) is 11.2 Å². The minimum atomic E-state index is 0.904. The molecule has 0 radical (unpaired) electrons. The first-order valence-corrected chi connectivity index (χ1v) is 40.9. The van der Waals surface area contributed by atoms with Gasteiger partial charge in [-0.2, -0.15) is 0 Å². The molecule has 0 unspecified atom stereocenters. The molecule has 0 saturated heterocycles. The van der Waals surface area contributed by atoms with Gasteiger partial charge in [0.05, 0.1) is 33.6 Å². The lowest BCUT2D eigenvalue weighted by Crippen LogP contribution is -1.96. The lowest BCUT2D eigenvalue weighted by atomic mass is 9.83. The van der Waals surface area contributed by atoms with E-state index >= 15 is 0 Å². The van der Waals surface area contributed by atoms with E-state index < -0.39 is 0 Å². The zero-order valence-corrected chi connectivity index (χ0v) is 63.4. The predicted octanol–water partition coefficient (Wildman–Crippen LogP) is 31.5. The summed E-state index contributed by atoms with van der Waals surface area (Å²) in [4.78, 5) is 16.5. The van der Waals surface area contributed by atoms with Crippen molar-refractivity contribution in [2.24, 2.45) is 0 Å². The van der Waals surface area contributed by atoms with Crippen molar-refractivity contribution in [2.45, 2.75) is 0 Å². The largest absolute Gasteiger partial charge is 0.455 e. The van der Waals surface area contributed by atoms with Crippen LogP contribution in [0.1, 0.15) is 0 Å². The van der Waals surface area contributed by atoms with Crippen LogP contribution in [0.4, 0.5) is 0 Å². The first-order valence-electron chi connectivity index (χ1n) is 39.3. The van der Waals surface area contributed by atoms with Gasteiger partial charge in [0.25, 0.3) is 0 Å². The Balaban J connectivity index is 0.000000129. The first-order chi connectivity index (χ1) is 57.1. The van der Waals surface area contributed by atoms with Crippen LogP contribution in [0, 0.1) is 0 Å². The van der Waals surface area contributed by atoms with E-state index in [0.29, 0.717) is 0 Å². The Bertz CT molecular complexity index is 8560. The first kappa shape index (κ1) is 64.2. The summed E-state index contributed by atoms with van der Waals surface area (Å²) in [6.07, 6.45) is 0. The van der Waals surface area contributed by atoms with E-state index in [-0.39, 0.29) is 0 Å². The minimum Gasteiger partial charge on any atom is -0.455 e. The maximum Gasteiger partial charge on any atom is 0.143 e. The summed E-state index contributed by atoms with van der Waals surface area (Å²) >= 11 is 3.77. The van der Waals surface area contributed by atoms with Crippen LogP contribution in [0.5, 0.6) is 0 Å². The smallest absolute Gasteiger partial charge is 0.143 e. The molecule has 20 aromatic carbocycles. The summed E-state index contributed by atoms with van der Waals surface area (Å²) in [7, 11) is 0. The van der Waals surface area contributed by atoms with Crippen molar-refractivity contribution in [3.05, 3.63) is 370 Å². The fourth-order valence-electron chi connectivity index (χ4n) is 19.5. The standard InChI is InChI=1S/C56H32N2S.C53H29NOS/c1-2-16-33(17-3-1)54-46-32-45(34-18-4-5-20-36(34)51(46)42-25-10-13-27-47(42)57-54)50-37-21-6-8-23-39(37)52(40-24-9-7-22-38(40)50)55-44-31-30-41-35-19-12-15-29-49(35)59-56(41)53(44)43-26-11-14-28-48(43)58-55;1-2-14-31-29-45-42(27-30(31)13-1)49-33-16-4-3-15-32(33)28-43(52(49)55-45)47-35-18-5-7-20-37(35)48(38-21-8-6-19-36(38)47)51-41-26-25-39-34-17-10-12-24-46(34)56-53(39)50(41)40-22-9-11-23-44(40)54-51/h1-32H;1-29H. The zero-order valence-electron chi connectivity index (χ0n) is 61.8. The average Bonchev–Trinajstić information content (AvgIpc) is 1.61. The number of pyridine rings is 3.